The van der Waals surface area contributed by atoms with Gasteiger partial charge in [-0.1, -0.05) is 0 Å². The maximum Gasteiger partial charge on any atom is 0.305 e. The normalized spacial score (nSPS) is 10.2. The lowest BCUT2D eigenvalue weighted by Crippen LogP contribution is -2.04. The average molecular weight is 215 g/mol. The molecular formula is C11H9N3O2. The van der Waals surface area contributed by atoms with Crippen LogP contribution >= 0.6 is 0 Å². The van der Waals surface area contributed by atoms with Crippen LogP contribution in [0.4, 0.5) is 0 Å². The molecule has 0 radical (unpaired) electrons. The average Bonchev–Trinajstić information content (AvgIpc) is 2.69. The molecule has 0 bridgehead atoms. The van der Waals surface area contributed by atoms with Crippen LogP contribution in [0.5, 0.6) is 0 Å². The van der Waals surface area contributed by atoms with Crippen LogP contribution in [0.3, 0.4) is 0 Å². The van der Waals surface area contributed by atoms with Crippen LogP contribution in [0.2, 0.25) is 0 Å². The molecule has 2 rings (SSSR count). The van der Waals surface area contributed by atoms with E-state index in [1.54, 1.807) is 29.1 Å². The molecule has 5 nitrogen and oxygen atoms in total. The zero-order chi connectivity index (χ0) is 11.5. The molecule has 16 heavy (non-hydrogen) atoms. The summed E-state index contributed by atoms with van der Waals surface area (Å²) in [5.41, 5.74) is 1.21. The molecule has 80 valence electrons. The maximum atomic E-state index is 10.5. The molecule has 0 spiro atoms. The van der Waals surface area contributed by atoms with E-state index in [-0.39, 0.29) is 6.42 Å². The first-order valence-electron chi connectivity index (χ1n) is 4.78. The van der Waals surface area contributed by atoms with Gasteiger partial charge in [-0.3, -0.25) is 4.79 Å². The Hall–Kier alpha value is -2.35. The van der Waals surface area contributed by atoms with Crippen LogP contribution in [-0.4, -0.2) is 20.6 Å². The van der Waals surface area contributed by atoms with Gasteiger partial charge in [-0.2, -0.15) is 5.26 Å². The minimum Gasteiger partial charge on any atom is -0.481 e. The lowest BCUT2D eigenvalue weighted by Gasteiger charge is -2.01. The summed E-state index contributed by atoms with van der Waals surface area (Å²) in [6.45, 7) is 0.362. The number of carboxylic acids is 1. The predicted molar refractivity (Wildman–Crippen MR) is 56.7 cm³/mol. The number of carbonyl (C=O) groups is 1. The van der Waals surface area contributed by atoms with Crippen LogP contribution in [0, 0.1) is 11.3 Å². The van der Waals surface area contributed by atoms with Gasteiger partial charge in [0, 0.05) is 24.3 Å². The second kappa shape index (κ2) is 4.03. The smallest absolute Gasteiger partial charge is 0.305 e. The molecule has 0 atom stereocenters. The Morgan fingerprint density at radius 3 is 3.06 bits per heavy atom. The lowest BCUT2D eigenvalue weighted by molar-refractivity contribution is -0.137. The third-order valence-corrected chi connectivity index (χ3v) is 2.35. The number of aromatic nitrogens is 2. The monoisotopic (exact) mass is 215 g/mol. The van der Waals surface area contributed by atoms with Crippen LogP contribution in [0.1, 0.15) is 12.0 Å². The summed E-state index contributed by atoms with van der Waals surface area (Å²) >= 11 is 0. The van der Waals surface area contributed by atoms with E-state index in [4.69, 9.17) is 10.4 Å². The van der Waals surface area contributed by atoms with Crippen molar-refractivity contribution in [2.75, 3.05) is 0 Å². The van der Waals surface area contributed by atoms with E-state index in [0.29, 0.717) is 17.8 Å². The molecule has 0 amide bonds. The van der Waals surface area contributed by atoms with Gasteiger partial charge in [0.1, 0.15) is 5.65 Å². The van der Waals surface area contributed by atoms with Crippen molar-refractivity contribution in [3.05, 3.63) is 30.1 Å². The molecule has 0 aromatic carbocycles. The number of fused-ring (bicyclic) bond motifs is 1. The number of aryl methyl sites for hydroxylation is 1. The molecule has 0 fully saturated rings. The summed E-state index contributed by atoms with van der Waals surface area (Å²) in [6, 6.07) is 5.50. The fraction of sp³-hybridized carbons (Fsp3) is 0.182. The minimum atomic E-state index is -0.849. The minimum absolute atomic E-state index is 0.0439. The van der Waals surface area contributed by atoms with Crippen molar-refractivity contribution >= 4 is 17.0 Å². The largest absolute Gasteiger partial charge is 0.481 e. The predicted octanol–water partition coefficient (Wildman–Crippen LogP) is 1.38. The van der Waals surface area contributed by atoms with Gasteiger partial charge >= 0.3 is 5.97 Å². The number of hydrogen-bond donors (Lipinski definition) is 1. The van der Waals surface area contributed by atoms with E-state index >= 15 is 0 Å². The fourth-order valence-electron chi connectivity index (χ4n) is 1.58. The Morgan fingerprint density at radius 2 is 2.38 bits per heavy atom. The SMILES string of the molecule is N#Cc1ccnc2c1ccn2CCC(=O)O. The van der Waals surface area contributed by atoms with Gasteiger partial charge in [0.15, 0.2) is 0 Å². The van der Waals surface area contributed by atoms with Crippen molar-refractivity contribution < 1.29 is 9.90 Å². The molecule has 0 aliphatic heterocycles. The number of hydrogen-bond acceptors (Lipinski definition) is 3. The first-order valence-corrected chi connectivity index (χ1v) is 4.78. The van der Waals surface area contributed by atoms with E-state index in [1.165, 1.54) is 0 Å². The van der Waals surface area contributed by atoms with Crippen molar-refractivity contribution in [2.45, 2.75) is 13.0 Å². The summed E-state index contributed by atoms with van der Waals surface area (Å²) in [6.07, 6.45) is 3.35. The number of carboxylic acid groups (broad SMARTS) is 1. The van der Waals surface area contributed by atoms with E-state index in [1.807, 2.05) is 0 Å². The highest BCUT2D eigenvalue weighted by Crippen LogP contribution is 2.17. The van der Waals surface area contributed by atoms with Gasteiger partial charge in [-0.05, 0) is 12.1 Å². The summed E-state index contributed by atoms with van der Waals surface area (Å²) in [5.74, 6) is -0.849. The van der Waals surface area contributed by atoms with Gasteiger partial charge in [-0.15, -0.1) is 0 Å². The summed E-state index contributed by atoms with van der Waals surface area (Å²) in [4.78, 5) is 14.6. The van der Waals surface area contributed by atoms with Crippen molar-refractivity contribution in [2.24, 2.45) is 0 Å². The van der Waals surface area contributed by atoms with Gasteiger partial charge in [0.2, 0.25) is 0 Å². The Labute approximate surface area is 91.6 Å². The third-order valence-electron chi connectivity index (χ3n) is 2.35. The van der Waals surface area contributed by atoms with E-state index in [0.717, 1.165) is 5.39 Å². The first-order chi connectivity index (χ1) is 7.72. The van der Waals surface area contributed by atoms with Gasteiger partial charge in [0.25, 0.3) is 0 Å². The second-order valence-electron chi connectivity index (χ2n) is 3.36. The highest BCUT2D eigenvalue weighted by Gasteiger charge is 2.07. The van der Waals surface area contributed by atoms with Crippen LogP contribution in [-0.2, 0) is 11.3 Å². The number of pyridine rings is 1. The lowest BCUT2D eigenvalue weighted by atomic mass is 10.2. The van der Waals surface area contributed by atoms with Crippen LogP contribution in [0.25, 0.3) is 11.0 Å². The molecule has 0 aliphatic rings. The van der Waals surface area contributed by atoms with Crippen LogP contribution < -0.4 is 0 Å². The molecule has 2 heterocycles. The Kier molecular flexibility index (Phi) is 2.56. The zero-order valence-corrected chi connectivity index (χ0v) is 8.42. The van der Waals surface area contributed by atoms with E-state index < -0.39 is 5.97 Å². The molecule has 0 saturated heterocycles. The second-order valence-corrected chi connectivity index (χ2v) is 3.36. The molecule has 2 aromatic rings. The van der Waals surface area contributed by atoms with Crippen molar-refractivity contribution in [1.82, 2.24) is 9.55 Å². The Balaban J connectivity index is 2.42. The fourth-order valence-corrected chi connectivity index (χ4v) is 1.58. The topological polar surface area (TPSA) is 78.9 Å². The summed E-state index contributed by atoms with van der Waals surface area (Å²) in [7, 11) is 0. The zero-order valence-electron chi connectivity index (χ0n) is 8.42. The van der Waals surface area contributed by atoms with Gasteiger partial charge < -0.3 is 9.67 Å². The molecule has 0 aliphatic carbocycles. The third kappa shape index (κ3) is 1.73. The molecular weight excluding hydrogens is 206 g/mol. The van der Waals surface area contributed by atoms with E-state index in [2.05, 4.69) is 11.1 Å². The molecule has 2 aromatic heterocycles. The molecule has 5 heteroatoms. The van der Waals surface area contributed by atoms with Crippen molar-refractivity contribution in [1.29, 1.82) is 5.26 Å². The summed E-state index contributed by atoms with van der Waals surface area (Å²) in [5, 5.41) is 18.2. The highest BCUT2D eigenvalue weighted by molar-refractivity contribution is 5.82. The van der Waals surface area contributed by atoms with Crippen molar-refractivity contribution in [3.8, 4) is 6.07 Å². The Morgan fingerprint density at radius 1 is 1.56 bits per heavy atom. The van der Waals surface area contributed by atoms with Crippen molar-refractivity contribution in [3.63, 3.8) is 0 Å². The first kappa shape index (κ1) is 10.2. The quantitative estimate of drug-likeness (QED) is 0.838. The molecule has 0 saturated carbocycles. The van der Waals surface area contributed by atoms with E-state index in [9.17, 15) is 4.79 Å². The number of rotatable bonds is 3. The van der Waals surface area contributed by atoms with Crippen LogP contribution in [0.15, 0.2) is 24.5 Å². The summed E-state index contributed by atoms with van der Waals surface area (Å²) < 4.78 is 1.74. The molecule has 0 unspecified atom stereocenters. The number of aliphatic carboxylic acids is 1. The maximum absolute atomic E-state index is 10.5. The van der Waals surface area contributed by atoms with Gasteiger partial charge in [-0.25, -0.2) is 4.98 Å². The number of nitrogens with zero attached hydrogens (tertiary/aromatic N) is 3. The highest BCUT2D eigenvalue weighted by atomic mass is 16.4. The van der Waals surface area contributed by atoms with Gasteiger partial charge in [0.05, 0.1) is 18.1 Å². The molecule has 1 N–H and O–H groups in total. The number of nitriles is 1. The standard InChI is InChI=1S/C11H9N3O2/c12-7-8-1-4-13-11-9(8)2-5-14(11)6-3-10(15)16/h1-2,4-5H,3,6H2,(H,15,16). The Bertz CT molecular complexity index is 580.